The molecule has 23 heavy (non-hydrogen) atoms. The Morgan fingerprint density at radius 2 is 2.30 bits per heavy atom. The molecule has 5 atom stereocenters. The lowest BCUT2D eigenvalue weighted by Gasteiger charge is -2.26. The molecule has 0 radical (unpaired) electrons. The van der Waals surface area contributed by atoms with E-state index in [0.29, 0.717) is 17.5 Å². The van der Waals surface area contributed by atoms with Crippen molar-refractivity contribution in [2.24, 2.45) is 10.7 Å². The van der Waals surface area contributed by atoms with Crippen molar-refractivity contribution in [3.63, 3.8) is 0 Å². The maximum atomic E-state index is 10.3. The Morgan fingerprint density at radius 1 is 1.52 bits per heavy atom. The lowest BCUT2D eigenvalue weighted by Crippen LogP contribution is -2.35. The van der Waals surface area contributed by atoms with Gasteiger partial charge in [-0.3, -0.25) is 4.57 Å². The number of nitrogens with zero attached hydrogens (tertiary/aromatic N) is 4. The summed E-state index contributed by atoms with van der Waals surface area (Å²) in [6.07, 6.45) is 1.81. The first kappa shape index (κ1) is 16.7. The minimum Gasteiger partial charge on any atom is -0.394 e. The van der Waals surface area contributed by atoms with Crippen molar-refractivity contribution in [3.05, 3.63) is 12.0 Å². The summed E-state index contributed by atoms with van der Waals surface area (Å²) < 4.78 is 13.2. The normalized spacial score (nSPS) is 33.3. The summed E-state index contributed by atoms with van der Waals surface area (Å²) in [4.78, 5) is 10.4. The van der Waals surface area contributed by atoms with Gasteiger partial charge in [-0.05, 0) is 6.26 Å². The van der Waals surface area contributed by atoms with E-state index in [1.165, 1.54) is 11.8 Å². The number of aliphatic hydroxyl groups excluding tert-OH is 2. The number of nitrogens with two attached hydrogens (primary N) is 1. The average Bonchev–Trinajstić information content (AvgIpc) is 3.10. The zero-order chi connectivity index (χ0) is 16.6. The number of hydrogen-bond acceptors (Lipinski definition) is 9. The van der Waals surface area contributed by atoms with Gasteiger partial charge in [0.15, 0.2) is 12.0 Å². The third-order valence-corrected chi connectivity index (χ3v) is 4.39. The molecule has 4 N–H and O–H groups in total. The van der Waals surface area contributed by atoms with E-state index in [-0.39, 0.29) is 6.61 Å². The van der Waals surface area contributed by atoms with Gasteiger partial charge in [0.05, 0.1) is 25.2 Å². The van der Waals surface area contributed by atoms with Crippen molar-refractivity contribution in [1.29, 1.82) is 0 Å². The molecular formula is C13H21N5O4S. The fraction of sp³-hybridized carbons (Fsp3) is 0.692. The maximum absolute atomic E-state index is 10.3. The SMILES string of the molecule is CSCOC1C(O)[C@@H](CO)O[C@H]1n1cnc2c1N=CN(C)C2N. The van der Waals surface area contributed by atoms with Gasteiger partial charge >= 0.3 is 0 Å². The van der Waals surface area contributed by atoms with E-state index in [2.05, 4.69) is 9.98 Å². The first-order chi connectivity index (χ1) is 11.1. The van der Waals surface area contributed by atoms with Gasteiger partial charge in [0.2, 0.25) is 0 Å². The molecule has 1 fully saturated rings. The molecule has 1 aromatic rings. The first-order valence-electron chi connectivity index (χ1n) is 7.21. The molecule has 0 saturated carbocycles. The van der Waals surface area contributed by atoms with E-state index in [1.54, 1.807) is 22.1 Å². The summed E-state index contributed by atoms with van der Waals surface area (Å²) in [5, 5.41) is 19.7. The lowest BCUT2D eigenvalue weighted by atomic mass is 10.1. The Bertz CT molecular complexity index is 583. The fourth-order valence-electron chi connectivity index (χ4n) is 2.73. The van der Waals surface area contributed by atoms with E-state index in [9.17, 15) is 10.2 Å². The minimum absolute atomic E-state index is 0.292. The van der Waals surface area contributed by atoms with Gasteiger partial charge in [-0.2, -0.15) is 0 Å². The molecule has 0 spiro atoms. The van der Waals surface area contributed by atoms with E-state index in [1.807, 2.05) is 13.3 Å². The van der Waals surface area contributed by atoms with Gasteiger partial charge < -0.3 is 30.3 Å². The predicted molar refractivity (Wildman–Crippen MR) is 85.3 cm³/mol. The molecule has 2 aliphatic heterocycles. The average molecular weight is 343 g/mol. The summed E-state index contributed by atoms with van der Waals surface area (Å²) in [7, 11) is 1.82. The second-order valence-electron chi connectivity index (χ2n) is 5.49. The van der Waals surface area contributed by atoms with Crippen LogP contribution in [0, 0.1) is 0 Å². The number of ether oxygens (including phenoxy) is 2. The van der Waals surface area contributed by atoms with Gasteiger partial charge in [-0.15, -0.1) is 11.8 Å². The standard InChI is InChI=1S/C13H21N5O4S/c1-17-4-16-12-8(11(17)14)15-5-18(12)13-10(21-6-23-2)9(20)7(3-19)22-13/h4-5,7,9-11,13,19-20H,3,6,14H2,1-2H3/t7-,9?,10?,11?,13-/m1/s1. The van der Waals surface area contributed by atoms with Gasteiger partial charge in [0.1, 0.15) is 30.2 Å². The van der Waals surface area contributed by atoms with E-state index >= 15 is 0 Å². The Morgan fingerprint density at radius 3 is 3.00 bits per heavy atom. The second-order valence-corrected chi connectivity index (χ2v) is 6.30. The summed E-state index contributed by atoms with van der Waals surface area (Å²) in [5.41, 5.74) is 6.72. The van der Waals surface area contributed by atoms with Crippen molar-refractivity contribution in [1.82, 2.24) is 14.5 Å². The third kappa shape index (κ3) is 2.86. The number of aromatic nitrogens is 2. The van der Waals surface area contributed by atoms with Gasteiger partial charge in [0, 0.05) is 7.05 Å². The van der Waals surface area contributed by atoms with Crippen LogP contribution in [0.25, 0.3) is 0 Å². The number of aliphatic hydroxyl groups is 2. The molecule has 2 aliphatic rings. The predicted octanol–water partition coefficient (Wildman–Crippen LogP) is -0.598. The molecule has 9 nitrogen and oxygen atoms in total. The molecule has 0 bridgehead atoms. The lowest BCUT2D eigenvalue weighted by molar-refractivity contribution is -0.0617. The molecule has 0 aromatic carbocycles. The van der Waals surface area contributed by atoms with Crippen LogP contribution in [0.3, 0.4) is 0 Å². The van der Waals surface area contributed by atoms with Crippen LogP contribution in [-0.4, -0.2) is 75.2 Å². The third-order valence-electron chi connectivity index (χ3n) is 4.02. The summed E-state index contributed by atoms with van der Waals surface area (Å²) in [5.74, 6) is 0.978. The van der Waals surface area contributed by atoms with Crippen LogP contribution in [0.5, 0.6) is 0 Å². The number of aliphatic imine (C=N–C) groups is 1. The number of thioether (sulfide) groups is 1. The maximum Gasteiger partial charge on any atom is 0.166 e. The van der Waals surface area contributed by atoms with Crippen molar-refractivity contribution >= 4 is 23.9 Å². The van der Waals surface area contributed by atoms with Crippen LogP contribution in [0.4, 0.5) is 5.82 Å². The van der Waals surface area contributed by atoms with Crippen LogP contribution in [0.15, 0.2) is 11.3 Å². The minimum atomic E-state index is -0.931. The number of rotatable bonds is 5. The molecule has 10 heteroatoms. The van der Waals surface area contributed by atoms with Crippen molar-refractivity contribution in [3.8, 4) is 0 Å². The smallest absolute Gasteiger partial charge is 0.166 e. The van der Waals surface area contributed by atoms with E-state index in [0.717, 1.165) is 0 Å². The largest absolute Gasteiger partial charge is 0.394 e. The zero-order valence-corrected chi connectivity index (χ0v) is 13.8. The first-order valence-corrected chi connectivity index (χ1v) is 8.61. The topological polar surface area (TPSA) is 118 Å². The van der Waals surface area contributed by atoms with E-state index < -0.39 is 30.7 Å². The Kier molecular flexibility index (Phi) is 4.90. The second kappa shape index (κ2) is 6.75. The Balaban J connectivity index is 1.92. The number of fused-ring (bicyclic) bond motifs is 1. The monoisotopic (exact) mass is 343 g/mol. The molecule has 3 unspecified atom stereocenters. The van der Waals surface area contributed by atoms with Crippen molar-refractivity contribution < 1.29 is 19.7 Å². The van der Waals surface area contributed by atoms with Crippen LogP contribution >= 0.6 is 11.8 Å². The van der Waals surface area contributed by atoms with Crippen LogP contribution < -0.4 is 5.73 Å². The van der Waals surface area contributed by atoms with Crippen LogP contribution in [0.2, 0.25) is 0 Å². The summed E-state index contributed by atoms with van der Waals surface area (Å²) in [6, 6.07) is 0. The van der Waals surface area contributed by atoms with E-state index in [4.69, 9.17) is 15.2 Å². The number of imidazole rings is 1. The quantitative estimate of drug-likeness (QED) is 0.607. The highest BCUT2D eigenvalue weighted by molar-refractivity contribution is 7.98. The highest BCUT2D eigenvalue weighted by Crippen LogP contribution is 2.38. The fourth-order valence-corrected chi connectivity index (χ4v) is 3.02. The highest BCUT2D eigenvalue weighted by Gasteiger charge is 2.46. The molecule has 0 amide bonds. The molecule has 1 saturated heterocycles. The van der Waals surface area contributed by atoms with Gasteiger partial charge in [0.25, 0.3) is 0 Å². The van der Waals surface area contributed by atoms with Crippen LogP contribution in [-0.2, 0) is 9.47 Å². The van der Waals surface area contributed by atoms with Crippen molar-refractivity contribution in [2.75, 3.05) is 25.8 Å². The Labute approximate surface area is 138 Å². The Hall–Kier alpha value is -1.17. The van der Waals surface area contributed by atoms with Crippen LogP contribution in [0.1, 0.15) is 18.1 Å². The molecule has 128 valence electrons. The molecule has 1 aromatic heterocycles. The van der Waals surface area contributed by atoms with Gasteiger partial charge in [-0.25, -0.2) is 9.98 Å². The highest BCUT2D eigenvalue weighted by atomic mass is 32.2. The molecule has 0 aliphatic carbocycles. The molecular weight excluding hydrogens is 322 g/mol. The summed E-state index contributed by atoms with van der Waals surface area (Å²) in [6.45, 7) is -0.292. The molecule has 3 heterocycles. The van der Waals surface area contributed by atoms with Crippen molar-refractivity contribution in [2.45, 2.75) is 30.7 Å². The number of hydrogen-bond donors (Lipinski definition) is 3. The molecule has 3 rings (SSSR count). The zero-order valence-electron chi connectivity index (χ0n) is 12.9. The van der Waals surface area contributed by atoms with Gasteiger partial charge in [-0.1, -0.05) is 0 Å². The summed E-state index contributed by atoms with van der Waals surface area (Å²) >= 11 is 1.50.